The van der Waals surface area contributed by atoms with Gasteiger partial charge in [-0.25, -0.2) is 5.43 Å². The molecule has 1 amide bonds. The van der Waals surface area contributed by atoms with Crippen molar-refractivity contribution in [2.45, 2.75) is 40.5 Å². The maximum absolute atomic E-state index is 12.0. The van der Waals surface area contributed by atoms with Gasteiger partial charge in [0, 0.05) is 30.0 Å². The second-order valence-electron chi connectivity index (χ2n) is 7.16. The first kappa shape index (κ1) is 20.1. The van der Waals surface area contributed by atoms with Crippen LogP contribution in [0.2, 0.25) is 0 Å². The highest BCUT2D eigenvalue weighted by molar-refractivity contribution is 6.24. The van der Waals surface area contributed by atoms with Crippen LogP contribution in [0.15, 0.2) is 28.2 Å². The molecule has 1 aromatic rings. The Morgan fingerprint density at radius 3 is 2.71 bits per heavy atom. The van der Waals surface area contributed by atoms with Crippen LogP contribution < -0.4 is 10.7 Å². The number of hydrogen-bond donors (Lipinski definition) is 3. The van der Waals surface area contributed by atoms with Crippen LogP contribution in [0.25, 0.3) is 6.08 Å². The van der Waals surface area contributed by atoms with Crippen molar-refractivity contribution >= 4 is 23.9 Å². The lowest BCUT2D eigenvalue weighted by Gasteiger charge is -2.17. The smallest absolute Gasteiger partial charge is 0.254 e. The number of aliphatic imine (C=N–C) groups is 1. The number of aromatic nitrogens is 1. The predicted molar refractivity (Wildman–Crippen MR) is 114 cm³/mol. The van der Waals surface area contributed by atoms with Crippen molar-refractivity contribution in [3.05, 3.63) is 40.6 Å². The lowest BCUT2D eigenvalue weighted by molar-refractivity contribution is -0.120. The van der Waals surface area contributed by atoms with E-state index in [9.17, 15) is 4.79 Å². The molecule has 0 aromatic carbocycles. The largest absolute Gasteiger partial charge is 0.359 e. The van der Waals surface area contributed by atoms with Crippen molar-refractivity contribution in [1.29, 1.82) is 0 Å². The molecule has 150 valence electrons. The van der Waals surface area contributed by atoms with E-state index < -0.39 is 5.92 Å². The number of amides is 1. The topological polar surface area (TPSA) is 84.9 Å². The molecule has 2 aliphatic rings. The Balaban J connectivity index is 1.78. The second kappa shape index (κ2) is 9.01. The van der Waals surface area contributed by atoms with Crippen LogP contribution in [-0.2, 0) is 11.2 Å². The lowest BCUT2D eigenvalue weighted by atomic mass is 9.99. The Bertz CT molecular complexity index is 841. The van der Waals surface area contributed by atoms with Gasteiger partial charge in [0.05, 0.1) is 11.4 Å². The van der Waals surface area contributed by atoms with E-state index in [1.54, 1.807) is 18.6 Å². The third-order valence-electron chi connectivity index (χ3n) is 5.49. The molecule has 2 aliphatic heterocycles. The first-order valence-electron chi connectivity index (χ1n) is 9.99. The van der Waals surface area contributed by atoms with Crippen molar-refractivity contribution < 1.29 is 4.79 Å². The molecule has 0 radical (unpaired) electrons. The number of nitrogens with zero attached hydrogens (tertiary/aromatic N) is 3. The minimum absolute atomic E-state index is 0.154. The molecule has 0 spiro atoms. The molecule has 1 atom stereocenters. The van der Waals surface area contributed by atoms with Gasteiger partial charge in [0.2, 0.25) is 0 Å². The number of aryl methyl sites for hydroxylation is 1. The minimum Gasteiger partial charge on any atom is -0.359 e. The van der Waals surface area contributed by atoms with Gasteiger partial charge in [-0.3, -0.25) is 9.79 Å². The van der Waals surface area contributed by atoms with Gasteiger partial charge in [0.15, 0.2) is 0 Å². The summed E-state index contributed by atoms with van der Waals surface area (Å²) in [4.78, 5) is 22.4. The summed E-state index contributed by atoms with van der Waals surface area (Å²) in [6.45, 7) is 12.0. The Hall–Kier alpha value is -2.67. The Morgan fingerprint density at radius 1 is 1.25 bits per heavy atom. The number of aromatic amines is 1. The third-order valence-corrected chi connectivity index (χ3v) is 5.49. The molecule has 0 saturated heterocycles. The van der Waals surface area contributed by atoms with Crippen LogP contribution >= 0.6 is 0 Å². The fourth-order valence-electron chi connectivity index (χ4n) is 3.76. The Morgan fingerprint density at radius 2 is 2.04 bits per heavy atom. The summed E-state index contributed by atoms with van der Waals surface area (Å²) in [6.07, 6.45) is 9.27. The van der Waals surface area contributed by atoms with Crippen molar-refractivity contribution in [3.8, 4) is 0 Å². The highest BCUT2D eigenvalue weighted by Crippen LogP contribution is 2.23. The zero-order valence-corrected chi connectivity index (χ0v) is 17.2. The molecule has 7 heteroatoms. The van der Waals surface area contributed by atoms with Gasteiger partial charge in [-0.1, -0.05) is 13.8 Å². The van der Waals surface area contributed by atoms with Gasteiger partial charge in [0.1, 0.15) is 5.92 Å². The highest BCUT2D eigenvalue weighted by Gasteiger charge is 2.29. The van der Waals surface area contributed by atoms with Gasteiger partial charge >= 0.3 is 0 Å². The van der Waals surface area contributed by atoms with Gasteiger partial charge in [-0.05, 0) is 63.5 Å². The number of hydrazone groups is 1. The number of nitrogens with one attached hydrogen (secondary N) is 3. The van der Waals surface area contributed by atoms with E-state index in [0.717, 1.165) is 43.9 Å². The molecule has 28 heavy (non-hydrogen) atoms. The standard InChI is InChI=1S/C21H30N6O/c1-5-27(6-2)11-7-8-16-14(3)18(25-15(16)4)12-19-20(23-10-9-22-19)17-13-24-26-21(17)28/h9-10,12-13,17,22,25H,5-8,11H2,1-4H3,(H,26,28). The summed E-state index contributed by atoms with van der Waals surface area (Å²) < 4.78 is 0. The predicted octanol–water partition coefficient (Wildman–Crippen LogP) is 2.49. The summed E-state index contributed by atoms with van der Waals surface area (Å²) in [7, 11) is 0. The van der Waals surface area contributed by atoms with E-state index in [1.165, 1.54) is 16.8 Å². The zero-order chi connectivity index (χ0) is 20.1. The van der Waals surface area contributed by atoms with E-state index in [2.05, 4.69) is 58.4 Å². The summed E-state index contributed by atoms with van der Waals surface area (Å²) in [6, 6.07) is 0. The first-order chi connectivity index (χ1) is 13.5. The van der Waals surface area contributed by atoms with E-state index in [-0.39, 0.29) is 5.91 Å². The van der Waals surface area contributed by atoms with E-state index in [0.29, 0.717) is 5.71 Å². The summed E-state index contributed by atoms with van der Waals surface area (Å²) in [5, 5.41) is 7.09. The number of allylic oxidation sites excluding steroid dienone is 1. The summed E-state index contributed by atoms with van der Waals surface area (Å²) in [5.74, 6) is -0.619. The molecule has 0 aliphatic carbocycles. The van der Waals surface area contributed by atoms with Crippen LogP contribution in [0.3, 0.4) is 0 Å². The first-order valence-corrected chi connectivity index (χ1v) is 9.99. The van der Waals surface area contributed by atoms with Gasteiger partial charge in [0.25, 0.3) is 5.91 Å². The Kier molecular flexibility index (Phi) is 6.46. The molecule has 7 nitrogen and oxygen atoms in total. The monoisotopic (exact) mass is 382 g/mol. The summed E-state index contributed by atoms with van der Waals surface area (Å²) >= 11 is 0. The number of H-pyrrole nitrogens is 1. The van der Waals surface area contributed by atoms with Crippen molar-refractivity contribution in [2.75, 3.05) is 19.6 Å². The minimum atomic E-state index is -0.464. The van der Waals surface area contributed by atoms with Crippen LogP contribution in [-0.4, -0.2) is 47.4 Å². The van der Waals surface area contributed by atoms with E-state index in [1.807, 2.05) is 6.08 Å². The van der Waals surface area contributed by atoms with Gasteiger partial charge in [-0.15, -0.1) is 0 Å². The van der Waals surface area contributed by atoms with Crippen molar-refractivity contribution in [1.82, 2.24) is 20.6 Å². The fourth-order valence-corrected chi connectivity index (χ4v) is 3.76. The second-order valence-corrected chi connectivity index (χ2v) is 7.16. The quantitative estimate of drug-likeness (QED) is 0.646. The van der Waals surface area contributed by atoms with Gasteiger partial charge in [-0.2, -0.15) is 5.10 Å². The number of rotatable bonds is 8. The van der Waals surface area contributed by atoms with E-state index in [4.69, 9.17) is 0 Å². The summed E-state index contributed by atoms with van der Waals surface area (Å²) in [5.41, 5.74) is 8.86. The van der Waals surface area contributed by atoms with Crippen LogP contribution in [0, 0.1) is 19.8 Å². The number of carbonyl (C=O) groups is 1. The van der Waals surface area contributed by atoms with Crippen LogP contribution in [0.4, 0.5) is 0 Å². The maximum Gasteiger partial charge on any atom is 0.254 e. The molecule has 1 aromatic heterocycles. The van der Waals surface area contributed by atoms with E-state index >= 15 is 0 Å². The van der Waals surface area contributed by atoms with Crippen molar-refractivity contribution in [2.24, 2.45) is 16.0 Å². The SMILES string of the molecule is CCN(CC)CCCc1c(C)[nH]c(C=C2NC=CN=C2C2C=NNC2=O)c1C. The van der Waals surface area contributed by atoms with Crippen molar-refractivity contribution in [3.63, 3.8) is 0 Å². The lowest BCUT2D eigenvalue weighted by Crippen LogP contribution is -2.32. The average Bonchev–Trinajstić information content (AvgIpc) is 3.23. The molecular formula is C21H30N6O. The number of hydrogen-bond acceptors (Lipinski definition) is 5. The van der Waals surface area contributed by atoms with Crippen LogP contribution in [0.5, 0.6) is 0 Å². The molecule has 1 unspecified atom stereocenters. The molecule has 3 rings (SSSR count). The molecular weight excluding hydrogens is 352 g/mol. The zero-order valence-electron chi connectivity index (χ0n) is 17.2. The van der Waals surface area contributed by atoms with Gasteiger partial charge < -0.3 is 15.2 Å². The molecule has 0 bridgehead atoms. The molecule has 0 saturated carbocycles. The third kappa shape index (κ3) is 4.25. The Labute approximate surface area is 166 Å². The molecule has 3 heterocycles. The van der Waals surface area contributed by atoms with Crippen LogP contribution in [0.1, 0.15) is 42.8 Å². The average molecular weight is 383 g/mol. The molecule has 0 fully saturated rings. The fraction of sp³-hybridized carbons (Fsp3) is 0.476. The number of carbonyl (C=O) groups excluding carboxylic acids is 1. The molecule has 3 N–H and O–H groups in total. The highest BCUT2D eigenvalue weighted by atomic mass is 16.2. The normalized spacial score (nSPS) is 20.0. The maximum atomic E-state index is 12.0.